The molecule has 1 aliphatic heterocycles. The molecule has 0 amide bonds. The minimum Gasteiger partial charge on any atom is -0.395 e. The van der Waals surface area contributed by atoms with E-state index in [2.05, 4.69) is 25.1 Å². The van der Waals surface area contributed by atoms with Crippen molar-refractivity contribution in [2.75, 3.05) is 63.2 Å². The molecule has 0 unspecified atom stereocenters. The molecule has 1 saturated heterocycles. The first-order valence-corrected chi connectivity index (χ1v) is 7.45. The number of β-amino-alcohol motifs (C(OH)–C–C–N with tert-alkyl or cyclic N) is 1. The number of nitrogens with one attached hydrogen (secondary N) is 1. The third-order valence-electron chi connectivity index (χ3n) is 3.50. The molecule has 7 nitrogen and oxygen atoms in total. The number of methoxy groups -OCH3 is 1. The zero-order valence-electron chi connectivity index (χ0n) is 12.9. The fraction of sp³-hybridized carbons (Fsp3) is 0.714. The first kappa shape index (κ1) is 15.9. The van der Waals surface area contributed by atoms with Crippen molar-refractivity contribution in [3.05, 3.63) is 11.9 Å². The molecule has 2 heterocycles. The summed E-state index contributed by atoms with van der Waals surface area (Å²) in [7, 11) is 1.65. The highest BCUT2D eigenvalue weighted by Crippen LogP contribution is 2.18. The summed E-state index contributed by atoms with van der Waals surface area (Å²) in [6.07, 6.45) is 0. The van der Waals surface area contributed by atoms with Crippen LogP contribution in [0.15, 0.2) is 6.07 Å². The summed E-state index contributed by atoms with van der Waals surface area (Å²) in [6, 6.07) is 1.99. The second-order valence-corrected chi connectivity index (χ2v) is 5.04. The average molecular weight is 295 g/mol. The van der Waals surface area contributed by atoms with Gasteiger partial charge in [-0.25, -0.2) is 9.97 Å². The number of piperazine rings is 1. The van der Waals surface area contributed by atoms with Crippen LogP contribution in [0.4, 0.5) is 11.6 Å². The van der Waals surface area contributed by atoms with Crippen LogP contribution in [-0.4, -0.2) is 73.0 Å². The molecular weight excluding hydrogens is 270 g/mol. The Morgan fingerprint density at radius 2 is 2.05 bits per heavy atom. The van der Waals surface area contributed by atoms with Gasteiger partial charge in [0.05, 0.1) is 6.61 Å². The molecule has 0 atom stereocenters. The van der Waals surface area contributed by atoms with Gasteiger partial charge in [0.2, 0.25) is 0 Å². The van der Waals surface area contributed by atoms with Crippen LogP contribution < -0.4 is 10.2 Å². The van der Waals surface area contributed by atoms with E-state index in [4.69, 9.17) is 9.84 Å². The van der Waals surface area contributed by atoms with Crippen LogP contribution in [0, 0.1) is 0 Å². The van der Waals surface area contributed by atoms with Crippen molar-refractivity contribution >= 4 is 11.6 Å². The van der Waals surface area contributed by atoms with Crippen molar-refractivity contribution in [3.8, 4) is 0 Å². The first-order chi connectivity index (χ1) is 10.3. The highest BCUT2D eigenvalue weighted by Gasteiger charge is 2.18. The molecule has 1 aromatic rings. The molecule has 0 spiro atoms. The van der Waals surface area contributed by atoms with Gasteiger partial charge >= 0.3 is 0 Å². The van der Waals surface area contributed by atoms with Gasteiger partial charge in [-0.2, -0.15) is 0 Å². The molecule has 2 N–H and O–H groups in total. The van der Waals surface area contributed by atoms with Crippen molar-refractivity contribution in [2.24, 2.45) is 0 Å². The lowest BCUT2D eigenvalue weighted by atomic mass is 10.3. The summed E-state index contributed by atoms with van der Waals surface area (Å²) in [4.78, 5) is 13.5. The van der Waals surface area contributed by atoms with E-state index in [0.717, 1.165) is 50.9 Å². The maximum Gasteiger partial charge on any atom is 0.158 e. The monoisotopic (exact) mass is 295 g/mol. The van der Waals surface area contributed by atoms with Crippen LogP contribution >= 0.6 is 0 Å². The molecule has 21 heavy (non-hydrogen) atoms. The van der Waals surface area contributed by atoms with Crippen LogP contribution in [0.3, 0.4) is 0 Å². The minimum atomic E-state index is 0.218. The first-order valence-electron chi connectivity index (χ1n) is 7.45. The van der Waals surface area contributed by atoms with E-state index < -0.39 is 0 Å². The zero-order chi connectivity index (χ0) is 15.1. The van der Waals surface area contributed by atoms with Crippen LogP contribution in [0.1, 0.15) is 12.7 Å². The average Bonchev–Trinajstić information content (AvgIpc) is 2.49. The molecule has 1 aromatic heterocycles. The number of hydrogen-bond donors (Lipinski definition) is 2. The van der Waals surface area contributed by atoms with E-state index in [1.54, 1.807) is 7.11 Å². The molecule has 1 fully saturated rings. The number of aliphatic hydroxyl groups excluding tert-OH is 1. The maximum atomic E-state index is 8.99. The Hall–Kier alpha value is -1.44. The second kappa shape index (κ2) is 8.11. The summed E-state index contributed by atoms with van der Waals surface area (Å²) in [5.41, 5.74) is 0. The Labute approximate surface area is 125 Å². The Morgan fingerprint density at radius 3 is 2.67 bits per heavy atom. The van der Waals surface area contributed by atoms with Crippen molar-refractivity contribution < 1.29 is 9.84 Å². The van der Waals surface area contributed by atoms with Gasteiger partial charge in [0.15, 0.2) is 5.82 Å². The predicted molar refractivity (Wildman–Crippen MR) is 82.6 cm³/mol. The highest BCUT2D eigenvalue weighted by molar-refractivity contribution is 5.49. The summed E-state index contributed by atoms with van der Waals surface area (Å²) in [5.74, 6) is 2.48. The van der Waals surface area contributed by atoms with Gasteiger partial charge in [0.1, 0.15) is 18.2 Å². The maximum absolute atomic E-state index is 8.99. The van der Waals surface area contributed by atoms with Crippen LogP contribution in [0.5, 0.6) is 0 Å². The molecule has 2 rings (SSSR count). The lowest BCUT2D eigenvalue weighted by Crippen LogP contribution is -2.47. The SMILES string of the molecule is CCNc1cc(N2CCN(CCO)CC2)nc(COC)n1. The number of hydrogen-bond acceptors (Lipinski definition) is 7. The third-order valence-corrected chi connectivity index (χ3v) is 3.50. The van der Waals surface area contributed by atoms with Gasteiger partial charge < -0.3 is 20.1 Å². The second-order valence-electron chi connectivity index (χ2n) is 5.04. The lowest BCUT2D eigenvalue weighted by Gasteiger charge is -2.35. The number of anilines is 2. The number of rotatable bonds is 7. The van der Waals surface area contributed by atoms with Gasteiger partial charge in [-0.1, -0.05) is 0 Å². The van der Waals surface area contributed by atoms with Gasteiger partial charge in [-0.05, 0) is 6.92 Å². The molecule has 0 aromatic carbocycles. The topological polar surface area (TPSA) is 73.8 Å². The number of aliphatic hydroxyl groups is 1. The molecule has 118 valence electrons. The van der Waals surface area contributed by atoms with Gasteiger partial charge in [0.25, 0.3) is 0 Å². The largest absolute Gasteiger partial charge is 0.395 e. The van der Waals surface area contributed by atoms with Crippen molar-refractivity contribution in [1.82, 2.24) is 14.9 Å². The van der Waals surface area contributed by atoms with Gasteiger partial charge in [-0.3, -0.25) is 4.90 Å². The van der Waals surface area contributed by atoms with E-state index in [1.165, 1.54) is 0 Å². The van der Waals surface area contributed by atoms with Crippen molar-refractivity contribution in [3.63, 3.8) is 0 Å². The third kappa shape index (κ3) is 4.52. The van der Waals surface area contributed by atoms with Crippen LogP contribution in [0.2, 0.25) is 0 Å². The fourth-order valence-electron chi connectivity index (χ4n) is 2.45. The summed E-state index contributed by atoms with van der Waals surface area (Å²) >= 11 is 0. The quantitative estimate of drug-likeness (QED) is 0.743. The van der Waals surface area contributed by atoms with Gasteiger partial charge in [0, 0.05) is 52.4 Å². The fourth-order valence-corrected chi connectivity index (χ4v) is 2.45. The van der Waals surface area contributed by atoms with Crippen molar-refractivity contribution in [1.29, 1.82) is 0 Å². The molecular formula is C14H25N5O2. The Kier molecular flexibility index (Phi) is 6.16. The smallest absolute Gasteiger partial charge is 0.158 e. The molecule has 0 aliphatic carbocycles. The van der Waals surface area contributed by atoms with Crippen molar-refractivity contribution in [2.45, 2.75) is 13.5 Å². The predicted octanol–water partition coefficient (Wildman–Crippen LogP) is 0.169. The normalized spacial score (nSPS) is 16.2. The molecule has 0 radical (unpaired) electrons. The summed E-state index contributed by atoms with van der Waals surface area (Å²) in [5, 5.41) is 12.2. The standard InChI is InChI=1S/C14H25N5O2/c1-3-15-12-10-14(17-13(16-12)11-21-2)19-6-4-18(5-7-19)8-9-20/h10,20H,3-9,11H2,1-2H3,(H,15,16,17). The zero-order valence-corrected chi connectivity index (χ0v) is 12.9. The Balaban J connectivity index is 2.07. The summed E-state index contributed by atoms with van der Waals surface area (Å²) in [6.45, 7) is 7.96. The number of aromatic nitrogens is 2. The van der Waals surface area contributed by atoms with Crippen LogP contribution in [-0.2, 0) is 11.3 Å². The van der Waals surface area contributed by atoms with Gasteiger partial charge in [-0.15, -0.1) is 0 Å². The number of ether oxygens (including phenoxy) is 1. The molecule has 0 saturated carbocycles. The molecule has 0 bridgehead atoms. The number of nitrogens with zero attached hydrogens (tertiary/aromatic N) is 4. The van der Waals surface area contributed by atoms with E-state index in [-0.39, 0.29) is 6.61 Å². The summed E-state index contributed by atoms with van der Waals surface area (Å²) < 4.78 is 5.15. The Morgan fingerprint density at radius 1 is 1.29 bits per heavy atom. The van der Waals surface area contributed by atoms with E-state index >= 15 is 0 Å². The molecule has 7 heteroatoms. The molecule has 1 aliphatic rings. The van der Waals surface area contributed by atoms with E-state index in [1.807, 2.05) is 13.0 Å². The van der Waals surface area contributed by atoms with E-state index in [0.29, 0.717) is 12.4 Å². The highest BCUT2D eigenvalue weighted by atomic mass is 16.5. The lowest BCUT2D eigenvalue weighted by molar-refractivity contribution is 0.177. The Bertz CT molecular complexity index is 411. The van der Waals surface area contributed by atoms with Crippen LogP contribution in [0.25, 0.3) is 0 Å². The van der Waals surface area contributed by atoms with E-state index in [9.17, 15) is 0 Å². The minimum absolute atomic E-state index is 0.218.